The van der Waals surface area contributed by atoms with Crippen molar-refractivity contribution < 1.29 is 13.2 Å². The van der Waals surface area contributed by atoms with E-state index in [0.717, 1.165) is 5.52 Å². The van der Waals surface area contributed by atoms with E-state index in [4.69, 9.17) is 17.0 Å². The first-order valence-corrected chi connectivity index (χ1v) is 8.67. The molecule has 110 valence electrons. The van der Waals surface area contributed by atoms with Crippen molar-refractivity contribution in [1.82, 2.24) is 9.55 Å². The third-order valence-corrected chi connectivity index (χ3v) is 4.56. The lowest BCUT2D eigenvalue weighted by Crippen LogP contribution is -2.12. The molecule has 0 aliphatic heterocycles. The van der Waals surface area contributed by atoms with Gasteiger partial charge in [-0.2, -0.15) is 0 Å². The lowest BCUT2D eigenvalue weighted by molar-refractivity contribution is 0.119. The Hall–Kier alpha value is -1.18. The van der Waals surface area contributed by atoms with Crippen LogP contribution in [0.2, 0.25) is 0 Å². The van der Waals surface area contributed by atoms with Crippen LogP contribution in [-0.4, -0.2) is 37.4 Å². The average Bonchev–Trinajstić information content (AvgIpc) is 2.70. The molecule has 2 aromatic rings. The van der Waals surface area contributed by atoms with Crippen LogP contribution in [0.3, 0.4) is 0 Å². The van der Waals surface area contributed by atoms with Gasteiger partial charge in [0.05, 0.1) is 28.6 Å². The molecule has 0 fully saturated rings. The molecule has 5 nitrogen and oxygen atoms in total. The van der Waals surface area contributed by atoms with Crippen molar-refractivity contribution in [2.75, 3.05) is 19.5 Å². The Morgan fingerprint density at radius 2 is 2.15 bits per heavy atom. The van der Waals surface area contributed by atoms with E-state index in [1.165, 1.54) is 6.26 Å². The second kappa shape index (κ2) is 5.67. The summed E-state index contributed by atoms with van der Waals surface area (Å²) in [6, 6.07) is 5.20. The second-order valence-corrected chi connectivity index (χ2v) is 7.10. The number of hydrogen-bond donors (Lipinski definition) is 1. The van der Waals surface area contributed by atoms with Gasteiger partial charge < -0.3 is 14.3 Å². The number of ether oxygens (including phenoxy) is 1. The van der Waals surface area contributed by atoms with Crippen molar-refractivity contribution >= 4 is 33.1 Å². The number of imidazole rings is 1. The molecule has 1 aromatic carbocycles. The minimum absolute atomic E-state index is 0.0333. The van der Waals surface area contributed by atoms with Gasteiger partial charge in [0.25, 0.3) is 0 Å². The summed E-state index contributed by atoms with van der Waals surface area (Å²) in [5.41, 5.74) is 1.34. The average molecular weight is 314 g/mol. The SMILES string of the molecule is CCOCC(C)n1c(=S)[nH]c2c(S(C)(=O)=O)cccc21. The summed E-state index contributed by atoms with van der Waals surface area (Å²) in [6.07, 6.45) is 1.19. The van der Waals surface area contributed by atoms with Crippen molar-refractivity contribution in [2.24, 2.45) is 0 Å². The molecule has 7 heteroatoms. The van der Waals surface area contributed by atoms with Crippen LogP contribution >= 0.6 is 12.2 Å². The van der Waals surface area contributed by atoms with E-state index >= 15 is 0 Å². The minimum Gasteiger partial charge on any atom is -0.380 e. The highest BCUT2D eigenvalue weighted by Crippen LogP contribution is 2.25. The van der Waals surface area contributed by atoms with E-state index in [1.54, 1.807) is 12.1 Å². The first kappa shape index (κ1) is 15.2. The van der Waals surface area contributed by atoms with Gasteiger partial charge >= 0.3 is 0 Å². The molecular weight excluding hydrogens is 296 g/mol. The molecule has 1 N–H and O–H groups in total. The normalized spacial score (nSPS) is 13.8. The smallest absolute Gasteiger partial charge is 0.178 e. The first-order chi connectivity index (χ1) is 9.36. The van der Waals surface area contributed by atoms with Crippen LogP contribution in [0, 0.1) is 4.77 Å². The van der Waals surface area contributed by atoms with Crippen molar-refractivity contribution in [3.8, 4) is 0 Å². The first-order valence-electron chi connectivity index (χ1n) is 6.37. The summed E-state index contributed by atoms with van der Waals surface area (Å²) in [6.45, 7) is 5.09. The maximum absolute atomic E-state index is 11.8. The standard InChI is InChI=1S/C13H18N2O3S2/c1-4-18-8-9(2)15-10-6-5-7-11(20(3,16)17)12(10)14-13(15)19/h5-7,9H,4,8H2,1-3H3,(H,14,19). The number of aromatic amines is 1. The van der Waals surface area contributed by atoms with Gasteiger partial charge in [-0.25, -0.2) is 8.42 Å². The summed E-state index contributed by atoms with van der Waals surface area (Å²) < 4.78 is 31.5. The van der Waals surface area contributed by atoms with Gasteiger partial charge in [-0.1, -0.05) is 6.07 Å². The highest BCUT2D eigenvalue weighted by Gasteiger charge is 2.17. The van der Waals surface area contributed by atoms with E-state index in [1.807, 2.05) is 24.5 Å². The number of nitrogens with one attached hydrogen (secondary N) is 1. The molecule has 1 aromatic heterocycles. The minimum atomic E-state index is -3.30. The monoisotopic (exact) mass is 314 g/mol. The van der Waals surface area contributed by atoms with E-state index in [9.17, 15) is 8.42 Å². The fourth-order valence-electron chi connectivity index (χ4n) is 2.23. The number of benzene rings is 1. The molecule has 0 radical (unpaired) electrons. The zero-order valence-electron chi connectivity index (χ0n) is 11.7. The van der Waals surface area contributed by atoms with Gasteiger partial charge in [0.15, 0.2) is 14.6 Å². The maximum atomic E-state index is 11.8. The fourth-order valence-corrected chi connectivity index (χ4v) is 3.46. The Labute approximate surface area is 123 Å². The van der Waals surface area contributed by atoms with E-state index < -0.39 is 9.84 Å². The van der Waals surface area contributed by atoms with E-state index in [0.29, 0.717) is 23.5 Å². The molecular formula is C13H18N2O3S2. The molecule has 2 rings (SSSR count). The van der Waals surface area contributed by atoms with Gasteiger partial charge in [0.1, 0.15) is 0 Å². The summed E-state index contributed by atoms with van der Waals surface area (Å²) in [7, 11) is -3.30. The number of H-pyrrole nitrogens is 1. The lowest BCUT2D eigenvalue weighted by atomic mass is 10.3. The van der Waals surface area contributed by atoms with Gasteiger partial charge in [-0.05, 0) is 38.2 Å². The van der Waals surface area contributed by atoms with Crippen molar-refractivity contribution in [2.45, 2.75) is 24.8 Å². The quantitative estimate of drug-likeness (QED) is 0.862. The number of hydrogen-bond acceptors (Lipinski definition) is 4. The summed E-state index contributed by atoms with van der Waals surface area (Å²) in [5, 5.41) is 0. The summed E-state index contributed by atoms with van der Waals surface area (Å²) in [4.78, 5) is 3.27. The van der Waals surface area contributed by atoms with Gasteiger partial charge in [-0.3, -0.25) is 0 Å². The largest absolute Gasteiger partial charge is 0.380 e. The Bertz CT molecular complexity index is 775. The van der Waals surface area contributed by atoms with Gasteiger partial charge in [-0.15, -0.1) is 0 Å². The van der Waals surface area contributed by atoms with Crippen molar-refractivity contribution in [3.05, 3.63) is 23.0 Å². The third-order valence-electron chi connectivity index (χ3n) is 3.12. The Kier molecular flexibility index (Phi) is 4.31. The molecule has 0 bridgehead atoms. The number of aromatic nitrogens is 2. The zero-order chi connectivity index (χ0) is 14.9. The highest BCUT2D eigenvalue weighted by atomic mass is 32.2. The molecule has 0 aliphatic carbocycles. The van der Waals surface area contributed by atoms with Crippen LogP contribution in [0.25, 0.3) is 11.0 Å². The number of rotatable bonds is 5. The predicted octanol–water partition coefficient (Wildman–Crippen LogP) is 2.70. The number of nitrogens with zero attached hydrogens (tertiary/aromatic N) is 1. The number of para-hydroxylation sites is 1. The molecule has 1 atom stereocenters. The summed E-state index contributed by atoms with van der Waals surface area (Å²) in [5.74, 6) is 0. The molecule has 1 heterocycles. The summed E-state index contributed by atoms with van der Waals surface area (Å²) >= 11 is 5.32. The Morgan fingerprint density at radius 3 is 2.75 bits per heavy atom. The molecule has 0 saturated carbocycles. The number of fused-ring (bicyclic) bond motifs is 1. The highest BCUT2D eigenvalue weighted by molar-refractivity contribution is 7.91. The zero-order valence-corrected chi connectivity index (χ0v) is 13.3. The lowest BCUT2D eigenvalue weighted by Gasteiger charge is -2.14. The van der Waals surface area contributed by atoms with Crippen molar-refractivity contribution in [3.63, 3.8) is 0 Å². The van der Waals surface area contributed by atoms with E-state index in [2.05, 4.69) is 4.98 Å². The molecule has 20 heavy (non-hydrogen) atoms. The molecule has 0 spiro atoms. The van der Waals surface area contributed by atoms with Crippen LogP contribution in [0.4, 0.5) is 0 Å². The maximum Gasteiger partial charge on any atom is 0.178 e. The second-order valence-electron chi connectivity index (χ2n) is 4.73. The third kappa shape index (κ3) is 2.79. The van der Waals surface area contributed by atoms with Crippen LogP contribution < -0.4 is 0 Å². The molecule has 0 amide bonds. The van der Waals surface area contributed by atoms with Crippen LogP contribution in [0.1, 0.15) is 19.9 Å². The molecule has 1 unspecified atom stereocenters. The molecule has 0 saturated heterocycles. The topological polar surface area (TPSA) is 64.1 Å². The fraction of sp³-hybridized carbons (Fsp3) is 0.462. The van der Waals surface area contributed by atoms with Crippen LogP contribution in [-0.2, 0) is 14.6 Å². The molecule has 0 aliphatic rings. The van der Waals surface area contributed by atoms with Crippen LogP contribution in [0.5, 0.6) is 0 Å². The Balaban J connectivity index is 2.64. The van der Waals surface area contributed by atoms with Crippen molar-refractivity contribution in [1.29, 1.82) is 0 Å². The number of sulfone groups is 1. The van der Waals surface area contributed by atoms with E-state index in [-0.39, 0.29) is 10.9 Å². The van der Waals surface area contributed by atoms with Crippen LogP contribution in [0.15, 0.2) is 23.1 Å². The Morgan fingerprint density at radius 1 is 1.45 bits per heavy atom. The van der Waals surface area contributed by atoms with Gasteiger partial charge in [0, 0.05) is 12.9 Å². The van der Waals surface area contributed by atoms with Gasteiger partial charge in [0.2, 0.25) is 0 Å². The predicted molar refractivity (Wildman–Crippen MR) is 81.4 cm³/mol.